The molecule has 0 bridgehead atoms. The number of hydrogen-bond acceptors (Lipinski definition) is 4. The summed E-state index contributed by atoms with van der Waals surface area (Å²) in [5.41, 5.74) is 0. The zero-order valence-corrected chi connectivity index (χ0v) is 18.0. The third kappa shape index (κ3) is 5.41. The highest BCUT2D eigenvalue weighted by Crippen LogP contribution is 2.19. The van der Waals surface area contributed by atoms with Crippen molar-refractivity contribution in [3.05, 3.63) is 0 Å². The van der Waals surface area contributed by atoms with Crippen molar-refractivity contribution in [3.63, 3.8) is 0 Å². The molecule has 10 heteroatoms. The zero-order chi connectivity index (χ0) is 21.7. The number of hydrogen-bond donors (Lipinski definition) is 4. The predicted molar refractivity (Wildman–Crippen MR) is 109 cm³/mol. The highest BCUT2D eigenvalue weighted by Gasteiger charge is 2.41. The van der Waals surface area contributed by atoms with E-state index >= 15 is 0 Å². The number of piperidine rings is 2. The van der Waals surface area contributed by atoms with Crippen LogP contribution in [0.2, 0.25) is 0 Å². The smallest absolute Gasteiger partial charge is 0.317 e. The fourth-order valence-electron chi connectivity index (χ4n) is 4.38. The summed E-state index contributed by atoms with van der Waals surface area (Å²) in [6, 6.07) is -1.64. The van der Waals surface area contributed by atoms with Gasteiger partial charge in [0.15, 0.2) is 0 Å². The fourth-order valence-corrected chi connectivity index (χ4v) is 4.38. The van der Waals surface area contributed by atoms with Crippen molar-refractivity contribution in [1.29, 1.82) is 0 Å². The van der Waals surface area contributed by atoms with Gasteiger partial charge >= 0.3 is 6.03 Å². The molecule has 0 radical (unpaired) electrons. The van der Waals surface area contributed by atoms with Crippen LogP contribution in [0, 0.1) is 5.92 Å². The van der Waals surface area contributed by atoms with E-state index in [2.05, 4.69) is 21.3 Å². The van der Waals surface area contributed by atoms with Gasteiger partial charge in [-0.2, -0.15) is 0 Å². The Morgan fingerprint density at radius 2 is 1.87 bits per heavy atom. The molecular weight excluding hydrogens is 388 g/mol. The van der Waals surface area contributed by atoms with Crippen molar-refractivity contribution in [2.24, 2.45) is 5.92 Å². The zero-order valence-electron chi connectivity index (χ0n) is 18.0. The van der Waals surface area contributed by atoms with Gasteiger partial charge in [-0.25, -0.2) is 4.79 Å². The standard InChI is InChI=1S/C20H34N6O4/c1-13(2)23-20(30)25-10-11-26(19(29)14-5-8-21-9-6-14)16(12-25)18(28)24-15-4-3-7-22-17(15)27/h13-16,21H,3-12H2,1-2H3,(H,22,27)(H,23,30)(H,24,28)/p+1/t15-,16+/m0/s1. The molecule has 3 heterocycles. The topological polar surface area (TPSA) is 127 Å². The van der Waals surface area contributed by atoms with Gasteiger partial charge in [0.1, 0.15) is 12.1 Å². The van der Waals surface area contributed by atoms with Crippen molar-refractivity contribution in [2.45, 2.75) is 57.7 Å². The number of amides is 5. The molecule has 0 saturated carbocycles. The Morgan fingerprint density at radius 1 is 1.13 bits per heavy atom. The van der Waals surface area contributed by atoms with Crippen LogP contribution in [0.15, 0.2) is 0 Å². The number of quaternary nitrogens is 1. The van der Waals surface area contributed by atoms with Gasteiger partial charge in [-0.05, 0) is 26.7 Å². The van der Waals surface area contributed by atoms with Crippen molar-refractivity contribution >= 4 is 23.8 Å². The molecule has 0 aromatic carbocycles. The number of nitrogens with zero attached hydrogens (tertiary/aromatic N) is 2. The van der Waals surface area contributed by atoms with E-state index in [-0.39, 0.29) is 42.3 Å². The van der Waals surface area contributed by atoms with E-state index in [4.69, 9.17) is 0 Å². The first-order valence-electron chi connectivity index (χ1n) is 11.1. The summed E-state index contributed by atoms with van der Waals surface area (Å²) in [5.74, 6) is -0.657. The fraction of sp³-hybridized carbons (Fsp3) is 0.800. The van der Waals surface area contributed by atoms with Crippen LogP contribution in [0.5, 0.6) is 0 Å². The number of carbonyl (C=O) groups excluding carboxylic acids is 4. The monoisotopic (exact) mass is 423 g/mol. The molecule has 2 atom stereocenters. The minimum absolute atomic E-state index is 0.0136. The largest absolute Gasteiger partial charge is 0.354 e. The third-order valence-electron chi connectivity index (χ3n) is 6.05. The van der Waals surface area contributed by atoms with Gasteiger partial charge in [-0.3, -0.25) is 14.4 Å². The number of urea groups is 1. The highest BCUT2D eigenvalue weighted by atomic mass is 16.2. The maximum atomic E-state index is 13.2. The molecule has 3 saturated heterocycles. The second-order valence-electron chi connectivity index (χ2n) is 8.73. The van der Waals surface area contributed by atoms with Gasteiger partial charge in [0.2, 0.25) is 17.7 Å². The first-order chi connectivity index (χ1) is 14.4. The van der Waals surface area contributed by atoms with Crippen LogP contribution in [0.4, 0.5) is 4.79 Å². The molecule has 3 rings (SSSR count). The maximum absolute atomic E-state index is 13.2. The molecular formula is C20H35N6O4+. The Balaban J connectivity index is 1.73. The van der Waals surface area contributed by atoms with Gasteiger partial charge in [-0.15, -0.1) is 0 Å². The number of rotatable bonds is 4. The molecule has 0 unspecified atom stereocenters. The van der Waals surface area contributed by atoms with Crippen molar-refractivity contribution < 1.29 is 24.5 Å². The average molecular weight is 424 g/mol. The van der Waals surface area contributed by atoms with Crippen molar-refractivity contribution in [3.8, 4) is 0 Å². The minimum Gasteiger partial charge on any atom is -0.354 e. The lowest BCUT2D eigenvalue weighted by molar-refractivity contribution is -0.664. The number of piperazine rings is 1. The first-order valence-corrected chi connectivity index (χ1v) is 11.1. The summed E-state index contributed by atoms with van der Waals surface area (Å²) >= 11 is 0. The van der Waals surface area contributed by atoms with E-state index < -0.39 is 12.1 Å². The molecule has 5 amide bonds. The van der Waals surface area contributed by atoms with Gasteiger partial charge in [0.25, 0.3) is 0 Å². The molecule has 3 aliphatic heterocycles. The molecule has 3 fully saturated rings. The minimum atomic E-state index is -0.787. The van der Waals surface area contributed by atoms with Crippen LogP contribution in [0.3, 0.4) is 0 Å². The van der Waals surface area contributed by atoms with Gasteiger partial charge in [0, 0.05) is 44.4 Å². The normalized spacial score (nSPS) is 25.6. The number of nitrogens with one attached hydrogen (secondary N) is 3. The van der Waals surface area contributed by atoms with E-state index in [1.807, 2.05) is 13.8 Å². The lowest BCUT2D eigenvalue weighted by atomic mass is 9.95. The third-order valence-corrected chi connectivity index (χ3v) is 6.05. The Kier molecular flexibility index (Phi) is 7.52. The molecule has 10 nitrogen and oxygen atoms in total. The summed E-state index contributed by atoms with van der Waals surface area (Å²) in [5, 5.41) is 10.6. The molecule has 0 spiro atoms. The second kappa shape index (κ2) is 10.1. The van der Waals surface area contributed by atoms with Crippen LogP contribution in [-0.4, -0.2) is 90.9 Å². The second-order valence-corrected chi connectivity index (χ2v) is 8.73. The summed E-state index contributed by atoms with van der Waals surface area (Å²) in [7, 11) is 0. The summed E-state index contributed by atoms with van der Waals surface area (Å²) in [6.07, 6.45) is 2.97. The predicted octanol–water partition coefficient (Wildman–Crippen LogP) is -2.01. The highest BCUT2D eigenvalue weighted by molar-refractivity contribution is 5.93. The van der Waals surface area contributed by atoms with Crippen LogP contribution < -0.4 is 21.3 Å². The number of carbonyl (C=O) groups is 4. The summed E-state index contributed by atoms with van der Waals surface area (Å²) in [4.78, 5) is 54.2. The first kappa shape index (κ1) is 22.3. The Morgan fingerprint density at radius 3 is 2.53 bits per heavy atom. The van der Waals surface area contributed by atoms with Gasteiger partial charge in [0.05, 0.1) is 19.6 Å². The van der Waals surface area contributed by atoms with Gasteiger partial charge in [-0.1, -0.05) is 0 Å². The van der Waals surface area contributed by atoms with E-state index in [1.165, 1.54) is 0 Å². The van der Waals surface area contributed by atoms with Gasteiger partial charge < -0.3 is 31.1 Å². The number of nitrogens with two attached hydrogens (primary N) is 1. The summed E-state index contributed by atoms with van der Waals surface area (Å²) < 4.78 is 0. The molecule has 0 aromatic rings. The summed E-state index contributed by atoms with van der Waals surface area (Å²) in [6.45, 7) is 7.02. The lowest BCUT2D eigenvalue weighted by Gasteiger charge is -2.42. The van der Waals surface area contributed by atoms with Crippen LogP contribution in [0.25, 0.3) is 0 Å². The van der Waals surface area contributed by atoms with Crippen molar-refractivity contribution in [2.75, 3.05) is 39.3 Å². The Bertz CT molecular complexity index is 664. The van der Waals surface area contributed by atoms with Crippen molar-refractivity contribution in [1.82, 2.24) is 25.8 Å². The molecule has 5 N–H and O–H groups in total. The van der Waals surface area contributed by atoms with E-state index in [9.17, 15) is 19.2 Å². The Labute approximate surface area is 177 Å². The quantitative estimate of drug-likeness (QED) is 0.416. The van der Waals surface area contributed by atoms with E-state index in [0.29, 0.717) is 26.1 Å². The van der Waals surface area contributed by atoms with Crippen LogP contribution in [-0.2, 0) is 14.4 Å². The van der Waals surface area contributed by atoms with E-state index in [1.54, 1.807) is 9.80 Å². The van der Waals surface area contributed by atoms with E-state index in [0.717, 1.165) is 32.4 Å². The molecule has 3 aliphatic rings. The molecule has 0 aliphatic carbocycles. The molecule has 168 valence electrons. The molecule has 30 heavy (non-hydrogen) atoms. The van der Waals surface area contributed by atoms with Crippen LogP contribution in [0.1, 0.15) is 39.5 Å². The lowest BCUT2D eigenvalue weighted by Crippen LogP contribution is -2.86. The SMILES string of the molecule is CC(C)NC(=O)N1CCN(C(=O)C2CC[NH2+]CC2)[C@@H](C(=O)N[C@H]2CCCNC2=O)C1. The maximum Gasteiger partial charge on any atom is 0.317 e. The van der Waals surface area contributed by atoms with Crippen LogP contribution >= 0.6 is 0 Å². The Hall–Kier alpha value is -2.36. The molecule has 0 aromatic heterocycles. The average Bonchev–Trinajstić information content (AvgIpc) is 2.74.